The van der Waals surface area contributed by atoms with Crippen molar-refractivity contribution in [1.29, 1.82) is 0 Å². The summed E-state index contributed by atoms with van der Waals surface area (Å²) < 4.78 is 0. The van der Waals surface area contributed by atoms with E-state index in [0.29, 0.717) is 5.54 Å². The van der Waals surface area contributed by atoms with Gasteiger partial charge in [0.15, 0.2) is 0 Å². The van der Waals surface area contributed by atoms with Gasteiger partial charge in [-0.1, -0.05) is 117 Å². The highest BCUT2D eigenvalue weighted by Gasteiger charge is 2.23. The Bertz CT molecular complexity index is 255. The second kappa shape index (κ2) is 17.4. The van der Waals surface area contributed by atoms with Gasteiger partial charge in [0, 0.05) is 5.54 Å². The lowest BCUT2D eigenvalue weighted by molar-refractivity contribution is 0.122. The largest absolute Gasteiger partial charge is 0.299 e. The molecule has 0 aliphatic carbocycles. The van der Waals surface area contributed by atoms with Gasteiger partial charge >= 0.3 is 0 Å². The monoisotopic (exact) mass is 353 g/mol. The Balaban J connectivity index is 3.29. The average molecular weight is 354 g/mol. The highest BCUT2D eigenvalue weighted by molar-refractivity contribution is 4.79. The van der Waals surface area contributed by atoms with Crippen LogP contribution in [0, 0.1) is 0 Å². The van der Waals surface area contributed by atoms with Crippen molar-refractivity contribution in [1.82, 2.24) is 4.90 Å². The zero-order chi connectivity index (χ0) is 18.8. The average Bonchev–Trinajstić information content (AvgIpc) is 2.59. The number of unbranched alkanes of at least 4 members (excludes halogenated alkanes) is 14. The maximum atomic E-state index is 2.61. The van der Waals surface area contributed by atoms with E-state index in [9.17, 15) is 0 Å². The number of hydrogen-bond acceptors (Lipinski definition) is 1. The van der Waals surface area contributed by atoms with Crippen LogP contribution in [-0.2, 0) is 0 Å². The molecule has 0 aliphatic rings. The third-order valence-electron chi connectivity index (χ3n) is 6.01. The van der Waals surface area contributed by atoms with E-state index in [2.05, 4.69) is 39.5 Å². The van der Waals surface area contributed by atoms with Crippen LogP contribution in [0.5, 0.6) is 0 Å². The van der Waals surface area contributed by atoms with Crippen LogP contribution in [0.2, 0.25) is 0 Å². The lowest BCUT2D eigenvalue weighted by atomic mass is 9.94. The van der Waals surface area contributed by atoms with Crippen LogP contribution >= 0.6 is 0 Å². The van der Waals surface area contributed by atoms with Crippen LogP contribution in [0.3, 0.4) is 0 Å². The number of rotatable bonds is 19. The summed E-state index contributed by atoms with van der Waals surface area (Å²) >= 11 is 0. The highest BCUT2D eigenvalue weighted by atomic mass is 15.2. The Morgan fingerprint density at radius 1 is 0.480 bits per heavy atom. The fraction of sp³-hybridized carbons (Fsp3) is 1.00. The Morgan fingerprint density at radius 2 is 0.800 bits per heavy atom. The molecule has 0 N–H and O–H groups in total. The van der Waals surface area contributed by atoms with E-state index in [0.717, 1.165) is 0 Å². The fourth-order valence-electron chi connectivity index (χ4n) is 4.17. The Hall–Kier alpha value is -0.0400. The minimum Gasteiger partial charge on any atom is -0.299 e. The molecule has 0 saturated carbocycles. The summed E-state index contributed by atoms with van der Waals surface area (Å²) in [5, 5.41) is 0. The summed E-state index contributed by atoms with van der Waals surface area (Å²) in [7, 11) is 0. The van der Waals surface area contributed by atoms with Gasteiger partial charge in [0.25, 0.3) is 0 Å². The van der Waals surface area contributed by atoms with Gasteiger partial charge in [-0.25, -0.2) is 0 Å². The standard InChI is InChI=1S/C24H51N/c1-6-9-10-11-12-13-14-15-16-17-18-19-20-21-22-23-24(4,5)25(7-2)8-3/h6-23H2,1-5H3. The topological polar surface area (TPSA) is 3.24 Å². The van der Waals surface area contributed by atoms with Gasteiger partial charge in [-0.2, -0.15) is 0 Å². The summed E-state index contributed by atoms with van der Waals surface area (Å²) in [6.07, 6.45) is 23.2. The minimum absolute atomic E-state index is 0.389. The first-order chi connectivity index (χ1) is 12.1. The molecule has 25 heavy (non-hydrogen) atoms. The third-order valence-corrected chi connectivity index (χ3v) is 6.01. The van der Waals surface area contributed by atoms with Crippen molar-refractivity contribution in [3.8, 4) is 0 Å². The second-order valence-electron chi connectivity index (χ2n) is 8.68. The zero-order valence-corrected chi connectivity index (χ0v) is 18.7. The maximum absolute atomic E-state index is 2.61. The molecular formula is C24H51N. The molecule has 0 rings (SSSR count). The molecule has 0 aromatic rings. The van der Waals surface area contributed by atoms with Crippen molar-refractivity contribution in [2.24, 2.45) is 0 Å². The van der Waals surface area contributed by atoms with Gasteiger partial charge in [-0.15, -0.1) is 0 Å². The van der Waals surface area contributed by atoms with Crippen molar-refractivity contribution in [2.75, 3.05) is 13.1 Å². The molecule has 0 amide bonds. The molecule has 152 valence electrons. The van der Waals surface area contributed by atoms with Crippen molar-refractivity contribution < 1.29 is 0 Å². The molecular weight excluding hydrogens is 302 g/mol. The molecule has 0 aromatic carbocycles. The van der Waals surface area contributed by atoms with E-state index in [-0.39, 0.29) is 0 Å². The third kappa shape index (κ3) is 14.8. The fourth-order valence-corrected chi connectivity index (χ4v) is 4.17. The van der Waals surface area contributed by atoms with Crippen molar-refractivity contribution in [3.05, 3.63) is 0 Å². The highest BCUT2D eigenvalue weighted by Crippen LogP contribution is 2.22. The van der Waals surface area contributed by atoms with Crippen LogP contribution in [0.4, 0.5) is 0 Å². The lowest BCUT2D eigenvalue weighted by Gasteiger charge is -2.37. The SMILES string of the molecule is CCCCCCCCCCCCCCCCCC(C)(C)N(CC)CC. The van der Waals surface area contributed by atoms with E-state index in [1.165, 1.54) is 116 Å². The first kappa shape index (κ1) is 25.0. The van der Waals surface area contributed by atoms with E-state index >= 15 is 0 Å². The second-order valence-corrected chi connectivity index (χ2v) is 8.68. The molecule has 0 radical (unpaired) electrons. The van der Waals surface area contributed by atoms with Gasteiger partial charge in [0.05, 0.1) is 0 Å². The molecule has 0 heterocycles. The van der Waals surface area contributed by atoms with Gasteiger partial charge in [0.2, 0.25) is 0 Å². The van der Waals surface area contributed by atoms with E-state index in [1.54, 1.807) is 0 Å². The first-order valence-corrected chi connectivity index (χ1v) is 11.8. The number of nitrogens with zero attached hydrogens (tertiary/aromatic N) is 1. The van der Waals surface area contributed by atoms with Crippen molar-refractivity contribution in [3.63, 3.8) is 0 Å². The van der Waals surface area contributed by atoms with Crippen LogP contribution < -0.4 is 0 Å². The van der Waals surface area contributed by atoms with E-state index in [1.807, 2.05) is 0 Å². The molecule has 0 atom stereocenters. The zero-order valence-electron chi connectivity index (χ0n) is 18.7. The van der Waals surface area contributed by atoms with Crippen LogP contribution in [0.15, 0.2) is 0 Å². The Labute approximate surface area is 161 Å². The number of hydrogen-bond donors (Lipinski definition) is 0. The van der Waals surface area contributed by atoms with Crippen molar-refractivity contribution in [2.45, 2.75) is 143 Å². The summed E-state index contributed by atoms with van der Waals surface area (Å²) in [6, 6.07) is 0. The summed E-state index contributed by atoms with van der Waals surface area (Å²) in [4.78, 5) is 2.61. The Kier molecular flexibility index (Phi) is 17.3. The quantitative estimate of drug-likeness (QED) is 0.211. The summed E-state index contributed by atoms with van der Waals surface area (Å²) in [5.74, 6) is 0. The van der Waals surface area contributed by atoms with Crippen LogP contribution in [0.25, 0.3) is 0 Å². The predicted octanol–water partition coefficient (Wildman–Crippen LogP) is 8.37. The Morgan fingerprint density at radius 3 is 1.12 bits per heavy atom. The summed E-state index contributed by atoms with van der Waals surface area (Å²) in [6.45, 7) is 14.1. The molecule has 0 bridgehead atoms. The van der Waals surface area contributed by atoms with Crippen molar-refractivity contribution >= 4 is 0 Å². The van der Waals surface area contributed by atoms with Gasteiger partial charge in [-0.05, 0) is 33.4 Å². The normalized spacial score (nSPS) is 12.2. The molecule has 0 saturated heterocycles. The smallest absolute Gasteiger partial charge is 0.0153 e. The molecule has 0 aromatic heterocycles. The van der Waals surface area contributed by atoms with E-state index in [4.69, 9.17) is 0 Å². The van der Waals surface area contributed by atoms with Gasteiger partial charge < -0.3 is 0 Å². The first-order valence-electron chi connectivity index (χ1n) is 11.8. The lowest BCUT2D eigenvalue weighted by Crippen LogP contribution is -2.43. The van der Waals surface area contributed by atoms with Gasteiger partial charge in [0.1, 0.15) is 0 Å². The van der Waals surface area contributed by atoms with Gasteiger partial charge in [-0.3, -0.25) is 4.90 Å². The molecule has 0 aliphatic heterocycles. The predicted molar refractivity (Wildman–Crippen MR) is 117 cm³/mol. The molecule has 1 heteroatoms. The molecule has 0 fully saturated rings. The molecule has 0 unspecified atom stereocenters. The molecule has 1 nitrogen and oxygen atoms in total. The van der Waals surface area contributed by atoms with E-state index < -0.39 is 0 Å². The minimum atomic E-state index is 0.389. The van der Waals surface area contributed by atoms with Crippen LogP contribution in [0.1, 0.15) is 137 Å². The molecule has 0 spiro atoms. The summed E-state index contributed by atoms with van der Waals surface area (Å²) in [5.41, 5.74) is 0.389. The maximum Gasteiger partial charge on any atom is 0.0153 e. The van der Waals surface area contributed by atoms with Crippen LogP contribution in [-0.4, -0.2) is 23.5 Å².